The Balaban J connectivity index is 0.000000421. The fourth-order valence-corrected chi connectivity index (χ4v) is 4.53. The molecule has 3 heterocycles. The second-order valence-electron chi connectivity index (χ2n) is 8.73. The predicted molar refractivity (Wildman–Crippen MR) is 135 cm³/mol. The van der Waals surface area contributed by atoms with Crippen LogP contribution in [0, 0.1) is 13.8 Å². The van der Waals surface area contributed by atoms with Crippen molar-refractivity contribution in [3.05, 3.63) is 59.1 Å². The summed E-state index contributed by atoms with van der Waals surface area (Å²) in [4.78, 5) is 24.2. The van der Waals surface area contributed by atoms with Crippen LogP contribution in [-0.2, 0) is 0 Å². The van der Waals surface area contributed by atoms with Crippen LogP contribution in [0.25, 0.3) is 16.5 Å². The molecule has 1 fully saturated rings. The van der Waals surface area contributed by atoms with Gasteiger partial charge < -0.3 is 19.8 Å². The van der Waals surface area contributed by atoms with E-state index >= 15 is 0 Å². The first-order valence-corrected chi connectivity index (χ1v) is 12.1. The van der Waals surface area contributed by atoms with Gasteiger partial charge in [0, 0.05) is 37.8 Å². The molecule has 35 heavy (non-hydrogen) atoms. The Morgan fingerprint density at radius 2 is 1.63 bits per heavy atom. The third kappa shape index (κ3) is 5.01. The molecule has 3 aromatic heterocycles. The molecule has 4 aromatic rings. The summed E-state index contributed by atoms with van der Waals surface area (Å²) in [5, 5.41) is 10.2. The largest absolute Gasteiger partial charge is 0.460 e. The van der Waals surface area contributed by atoms with Gasteiger partial charge in [-0.3, -0.25) is 9.59 Å². The number of aromatic nitrogens is 2. The predicted octanol–water partition coefficient (Wildman–Crippen LogP) is 5.55. The van der Waals surface area contributed by atoms with E-state index in [1.807, 2.05) is 6.92 Å². The van der Waals surface area contributed by atoms with Gasteiger partial charge in [0.2, 0.25) is 0 Å². The highest BCUT2D eigenvalue weighted by Gasteiger charge is 2.19. The Labute approximate surface area is 204 Å². The monoisotopic (exact) mass is 476 g/mol. The Hall–Kier alpha value is -3.81. The summed E-state index contributed by atoms with van der Waals surface area (Å²) in [6.07, 6.45) is 12.3. The molecule has 5 rings (SSSR count). The fourth-order valence-electron chi connectivity index (χ4n) is 4.53. The molecule has 1 aliphatic carbocycles. The van der Waals surface area contributed by atoms with E-state index in [9.17, 15) is 9.59 Å². The van der Waals surface area contributed by atoms with Crippen LogP contribution in [0.2, 0.25) is 0 Å². The number of rotatable bonds is 4. The van der Waals surface area contributed by atoms with Crippen molar-refractivity contribution in [1.82, 2.24) is 20.2 Å². The van der Waals surface area contributed by atoms with Crippen LogP contribution in [0.4, 0.5) is 0 Å². The standard InChI is InChI=1S/C21H20N4O4.C6H12/c1-11-15(20(26)22-3)10-25-19(11)16(7-8-24-25)29-13-5-6-14-17(9-13)28-12(2)18(14)21(27)23-4;1-2-4-6-5-3-1/h5-10H,1-4H3,(H,22,26)(H,23,27);1-6H2. The smallest absolute Gasteiger partial charge is 0.255 e. The van der Waals surface area contributed by atoms with E-state index in [4.69, 9.17) is 9.15 Å². The van der Waals surface area contributed by atoms with Crippen molar-refractivity contribution < 1.29 is 18.7 Å². The van der Waals surface area contributed by atoms with Crippen molar-refractivity contribution in [1.29, 1.82) is 0 Å². The molecule has 8 nitrogen and oxygen atoms in total. The molecule has 0 bridgehead atoms. The molecule has 0 radical (unpaired) electrons. The zero-order valence-electron chi connectivity index (χ0n) is 20.7. The molecular formula is C27H32N4O4. The highest BCUT2D eigenvalue weighted by Crippen LogP contribution is 2.33. The molecule has 2 amide bonds. The minimum atomic E-state index is -0.198. The van der Waals surface area contributed by atoms with Gasteiger partial charge in [-0.05, 0) is 31.5 Å². The highest BCUT2D eigenvalue weighted by atomic mass is 16.5. The van der Waals surface area contributed by atoms with Crippen LogP contribution in [0.5, 0.6) is 11.5 Å². The van der Waals surface area contributed by atoms with Gasteiger partial charge >= 0.3 is 0 Å². The molecule has 1 aliphatic rings. The Morgan fingerprint density at radius 3 is 2.26 bits per heavy atom. The van der Waals surface area contributed by atoms with Crippen LogP contribution in [-0.4, -0.2) is 35.5 Å². The summed E-state index contributed by atoms with van der Waals surface area (Å²) in [5.74, 6) is 1.26. The summed E-state index contributed by atoms with van der Waals surface area (Å²) >= 11 is 0. The summed E-state index contributed by atoms with van der Waals surface area (Å²) in [6, 6.07) is 7.05. The van der Waals surface area contributed by atoms with E-state index in [1.54, 1.807) is 62.2 Å². The van der Waals surface area contributed by atoms with Gasteiger partial charge in [0.15, 0.2) is 5.75 Å². The maximum atomic E-state index is 12.1. The average molecular weight is 477 g/mol. The van der Waals surface area contributed by atoms with Gasteiger partial charge in [-0.1, -0.05) is 38.5 Å². The summed E-state index contributed by atoms with van der Waals surface area (Å²) in [6.45, 7) is 3.60. The number of nitrogens with one attached hydrogen (secondary N) is 2. The van der Waals surface area contributed by atoms with E-state index in [2.05, 4.69) is 15.7 Å². The number of furan rings is 1. The first-order valence-electron chi connectivity index (χ1n) is 12.1. The Kier molecular flexibility index (Phi) is 7.39. The van der Waals surface area contributed by atoms with Gasteiger partial charge in [-0.15, -0.1) is 0 Å². The average Bonchev–Trinajstić information content (AvgIpc) is 3.40. The second kappa shape index (κ2) is 10.6. The van der Waals surface area contributed by atoms with Crippen molar-refractivity contribution >= 4 is 28.3 Å². The highest BCUT2D eigenvalue weighted by molar-refractivity contribution is 6.07. The number of fused-ring (bicyclic) bond motifs is 2. The van der Waals surface area contributed by atoms with Crippen molar-refractivity contribution in [2.24, 2.45) is 0 Å². The fraction of sp³-hybridized carbons (Fsp3) is 0.370. The topological polar surface area (TPSA) is 97.9 Å². The van der Waals surface area contributed by atoms with Gasteiger partial charge in [0.05, 0.1) is 17.3 Å². The first-order chi connectivity index (χ1) is 16.9. The lowest BCUT2D eigenvalue weighted by Crippen LogP contribution is -2.18. The maximum absolute atomic E-state index is 12.1. The Bertz CT molecular complexity index is 1350. The maximum Gasteiger partial charge on any atom is 0.255 e. The van der Waals surface area contributed by atoms with Crippen LogP contribution in [0.3, 0.4) is 0 Å². The van der Waals surface area contributed by atoms with Crippen molar-refractivity contribution in [3.63, 3.8) is 0 Å². The lowest BCUT2D eigenvalue weighted by molar-refractivity contribution is 0.0954. The third-order valence-corrected chi connectivity index (χ3v) is 6.38. The molecule has 0 aliphatic heterocycles. The van der Waals surface area contributed by atoms with E-state index in [0.29, 0.717) is 39.5 Å². The second-order valence-corrected chi connectivity index (χ2v) is 8.73. The van der Waals surface area contributed by atoms with Gasteiger partial charge in [0.25, 0.3) is 11.8 Å². The molecule has 8 heteroatoms. The zero-order chi connectivity index (χ0) is 24.9. The molecule has 0 spiro atoms. The number of hydrogen-bond donors (Lipinski definition) is 2. The summed E-state index contributed by atoms with van der Waals surface area (Å²) in [5.41, 5.74) is 3.07. The number of aryl methyl sites for hydroxylation is 2. The Morgan fingerprint density at radius 1 is 0.971 bits per heavy atom. The van der Waals surface area contributed by atoms with Crippen molar-refractivity contribution in [3.8, 4) is 11.5 Å². The quantitative estimate of drug-likeness (QED) is 0.402. The number of nitrogens with zero attached hydrogens (tertiary/aromatic N) is 2. The molecular weight excluding hydrogens is 444 g/mol. The molecule has 0 unspecified atom stereocenters. The first kappa shape index (κ1) is 24.3. The van der Waals surface area contributed by atoms with E-state index in [0.717, 1.165) is 10.9 Å². The molecule has 2 N–H and O–H groups in total. The van der Waals surface area contributed by atoms with E-state index in [-0.39, 0.29) is 11.8 Å². The lowest BCUT2D eigenvalue weighted by Gasteiger charge is -2.08. The number of hydrogen-bond acceptors (Lipinski definition) is 5. The zero-order valence-corrected chi connectivity index (χ0v) is 20.7. The van der Waals surface area contributed by atoms with Crippen molar-refractivity contribution in [2.45, 2.75) is 52.4 Å². The molecule has 1 aromatic carbocycles. The van der Waals surface area contributed by atoms with Crippen molar-refractivity contribution in [2.75, 3.05) is 14.1 Å². The molecule has 184 valence electrons. The summed E-state index contributed by atoms with van der Waals surface area (Å²) in [7, 11) is 3.17. The SMILES string of the molecule is C1CCCCC1.CNC(=O)c1cn2nccc(Oc3ccc4c(C(=O)NC)c(C)oc4c3)c2c1C. The third-order valence-electron chi connectivity index (χ3n) is 6.38. The number of amides is 2. The molecule has 0 atom stereocenters. The van der Waals surface area contributed by atoms with Crippen LogP contribution >= 0.6 is 0 Å². The van der Waals surface area contributed by atoms with Crippen LogP contribution in [0.15, 0.2) is 41.1 Å². The van der Waals surface area contributed by atoms with Gasteiger partial charge in [-0.25, -0.2) is 4.52 Å². The normalized spacial score (nSPS) is 13.3. The minimum Gasteiger partial charge on any atom is -0.460 e. The van der Waals surface area contributed by atoms with Gasteiger partial charge in [0.1, 0.15) is 22.6 Å². The van der Waals surface area contributed by atoms with Crippen LogP contribution < -0.4 is 15.4 Å². The number of ether oxygens (including phenoxy) is 1. The van der Waals surface area contributed by atoms with E-state index < -0.39 is 0 Å². The summed E-state index contributed by atoms with van der Waals surface area (Å²) < 4.78 is 13.5. The van der Waals surface area contributed by atoms with Gasteiger partial charge in [-0.2, -0.15) is 5.10 Å². The number of carbonyl (C=O) groups is 2. The number of carbonyl (C=O) groups excluding carboxylic acids is 2. The minimum absolute atomic E-state index is 0.187. The number of benzene rings is 1. The lowest BCUT2D eigenvalue weighted by atomic mass is 10.0. The molecule has 1 saturated carbocycles. The van der Waals surface area contributed by atoms with E-state index in [1.165, 1.54) is 38.5 Å². The van der Waals surface area contributed by atoms with Crippen LogP contribution in [0.1, 0.15) is 70.6 Å². The molecule has 0 saturated heterocycles.